The van der Waals surface area contributed by atoms with Crippen molar-refractivity contribution in [3.05, 3.63) is 59.7 Å². The predicted molar refractivity (Wildman–Crippen MR) is 133 cm³/mol. The molecule has 30 heavy (non-hydrogen) atoms. The third kappa shape index (κ3) is 6.45. The number of benzene rings is 2. The fourth-order valence-corrected chi connectivity index (χ4v) is 8.70. The van der Waals surface area contributed by atoms with Gasteiger partial charge in [0.15, 0.2) is 0 Å². The fourth-order valence-electron chi connectivity index (χ4n) is 3.94. The number of hydrogen-bond donors (Lipinski definition) is 2. The minimum absolute atomic E-state index is 0.201. The quantitative estimate of drug-likeness (QED) is 0.278. The van der Waals surface area contributed by atoms with Gasteiger partial charge in [-0.15, -0.1) is 0 Å². The SMILES string of the molecule is O=C(CI1CCNCC1)Nc1ccc(CCCOc2cccc(C3CCC3)c2)cc1. The number of ether oxygens (including phenoxy) is 1. The zero-order valence-electron chi connectivity index (χ0n) is 17.7. The molecule has 1 heterocycles. The Morgan fingerprint density at radius 3 is 2.63 bits per heavy atom. The summed E-state index contributed by atoms with van der Waals surface area (Å²) < 4.78 is 9.27. The molecule has 0 aromatic heterocycles. The summed E-state index contributed by atoms with van der Waals surface area (Å²) in [5.41, 5.74) is 3.63. The van der Waals surface area contributed by atoms with Gasteiger partial charge in [-0.05, 0) is 36.5 Å². The summed E-state index contributed by atoms with van der Waals surface area (Å²) in [6, 6.07) is 16.9. The van der Waals surface area contributed by atoms with E-state index in [0.29, 0.717) is 0 Å². The molecule has 1 aliphatic heterocycles. The van der Waals surface area contributed by atoms with Gasteiger partial charge in [0, 0.05) is 0 Å². The monoisotopic (exact) mass is 520 g/mol. The van der Waals surface area contributed by atoms with Crippen molar-refractivity contribution in [2.45, 2.75) is 38.0 Å². The second-order valence-electron chi connectivity index (χ2n) is 8.23. The van der Waals surface area contributed by atoms with Crippen LogP contribution >= 0.6 is 19.8 Å². The fraction of sp³-hybridized carbons (Fsp3) is 0.480. The Labute approximate surface area is 187 Å². The van der Waals surface area contributed by atoms with E-state index in [2.05, 4.69) is 47.0 Å². The van der Waals surface area contributed by atoms with Crippen LogP contribution in [0.3, 0.4) is 0 Å². The average Bonchev–Trinajstić information content (AvgIpc) is 2.72. The number of rotatable bonds is 9. The number of halogens is 1. The zero-order chi connectivity index (χ0) is 20.6. The Morgan fingerprint density at radius 1 is 1.10 bits per heavy atom. The molecule has 0 atom stereocenters. The molecule has 2 N–H and O–H groups in total. The molecule has 5 heteroatoms. The van der Waals surface area contributed by atoms with Crippen molar-refractivity contribution in [3.8, 4) is 5.75 Å². The van der Waals surface area contributed by atoms with E-state index in [1.807, 2.05) is 12.1 Å². The topological polar surface area (TPSA) is 50.4 Å². The van der Waals surface area contributed by atoms with Crippen LogP contribution in [0.15, 0.2) is 48.5 Å². The molecule has 0 radical (unpaired) electrons. The summed E-state index contributed by atoms with van der Waals surface area (Å²) in [4.78, 5) is 12.3. The zero-order valence-corrected chi connectivity index (χ0v) is 19.8. The van der Waals surface area contributed by atoms with E-state index in [1.54, 1.807) is 0 Å². The second-order valence-corrected chi connectivity index (χ2v) is 14.4. The van der Waals surface area contributed by atoms with E-state index in [9.17, 15) is 4.79 Å². The van der Waals surface area contributed by atoms with Crippen LogP contribution in [0.5, 0.6) is 5.75 Å². The van der Waals surface area contributed by atoms with Crippen LogP contribution in [-0.4, -0.2) is 38.9 Å². The Hall–Kier alpha value is -1.60. The summed E-state index contributed by atoms with van der Waals surface area (Å²) >= 11 is -1.05. The Bertz CT molecular complexity index is 814. The van der Waals surface area contributed by atoms with Crippen LogP contribution in [0.1, 0.15) is 42.7 Å². The minimum atomic E-state index is -1.05. The van der Waals surface area contributed by atoms with Gasteiger partial charge in [-0.1, -0.05) is 18.6 Å². The molecular weight excluding hydrogens is 487 g/mol. The van der Waals surface area contributed by atoms with Gasteiger partial charge in [-0.2, -0.15) is 0 Å². The van der Waals surface area contributed by atoms with Gasteiger partial charge < -0.3 is 0 Å². The third-order valence-electron chi connectivity index (χ3n) is 5.94. The number of aryl methyl sites for hydroxylation is 1. The van der Waals surface area contributed by atoms with Crippen LogP contribution in [0.25, 0.3) is 0 Å². The molecule has 162 valence electrons. The normalized spacial score (nSPS) is 17.9. The first-order valence-electron chi connectivity index (χ1n) is 11.2. The van der Waals surface area contributed by atoms with Gasteiger partial charge in [-0.25, -0.2) is 0 Å². The molecule has 1 saturated carbocycles. The van der Waals surface area contributed by atoms with Gasteiger partial charge in [0.2, 0.25) is 0 Å². The number of nitrogens with one attached hydrogen (secondary N) is 2. The molecule has 0 bridgehead atoms. The number of carbonyl (C=O) groups excluding carboxylic acids is 1. The van der Waals surface area contributed by atoms with Crippen LogP contribution in [0.4, 0.5) is 5.69 Å². The van der Waals surface area contributed by atoms with Crippen molar-refractivity contribution in [2.75, 3.05) is 38.3 Å². The van der Waals surface area contributed by atoms with Crippen molar-refractivity contribution in [1.82, 2.24) is 5.32 Å². The molecule has 1 amide bonds. The van der Waals surface area contributed by atoms with Gasteiger partial charge in [0.05, 0.1) is 0 Å². The van der Waals surface area contributed by atoms with Crippen LogP contribution < -0.4 is 15.4 Å². The molecule has 0 unspecified atom stereocenters. The Balaban J connectivity index is 1.16. The molecule has 4 nitrogen and oxygen atoms in total. The summed E-state index contributed by atoms with van der Waals surface area (Å²) in [5.74, 6) is 1.94. The van der Waals surface area contributed by atoms with Crippen LogP contribution in [0.2, 0.25) is 0 Å². The molecule has 0 spiro atoms. The average molecular weight is 520 g/mol. The second kappa shape index (κ2) is 11.1. The maximum absolute atomic E-state index is 12.3. The molecule has 2 aromatic carbocycles. The van der Waals surface area contributed by atoms with E-state index < -0.39 is 19.8 Å². The van der Waals surface area contributed by atoms with Gasteiger partial charge >= 0.3 is 133 Å². The van der Waals surface area contributed by atoms with E-state index in [4.69, 9.17) is 4.74 Å². The van der Waals surface area contributed by atoms with Crippen LogP contribution in [0, 0.1) is 0 Å². The maximum atomic E-state index is 12.3. The first-order valence-corrected chi connectivity index (χ1v) is 15.7. The first-order chi connectivity index (χ1) is 14.8. The molecule has 1 aliphatic carbocycles. The summed E-state index contributed by atoms with van der Waals surface area (Å²) in [6.45, 7) is 2.93. The molecule has 4 rings (SSSR count). The molecular formula is C25H33IN2O2. The van der Waals surface area contributed by atoms with Crippen molar-refractivity contribution in [1.29, 1.82) is 0 Å². The molecule has 2 aliphatic rings. The number of hydrogen-bond acceptors (Lipinski definition) is 3. The Kier molecular flexibility index (Phi) is 8.03. The summed E-state index contributed by atoms with van der Waals surface area (Å²) in [7, 11) is 0. The van der Waals surface area contributed by atoms with E-state index in [1.165, 1.54) is 39.2 Å². The number of amides is 1. The van der Waals surface area contributed by atoms with Gasteiger partial charge in [0.25, 0.3) is 0 Å². The summed E-state index contributed by atoms with van der Waals surface area (Å²) in [5, 5.41) is 6.47. The van der Waals surface area contributed by atoms with Crippen molar-refractivity contribution in [3.63, 3.8) is 0 Å². The predicted octanol–water partition coefficient (Wildman–Crippen LogP) is 5.01. The standard InChI is InChI=1S/C25H33IN2O2/c29-25(19-26-13-15-27-16-14-26)28-23-11-9-20(10-12-23)4-3-17-30-24-8-2-7-22(18-24)21-5-1-6-21/h2,7-12,18,21,27H,1,3-6,13-17,19H2,(H,28,29). The summed E-state index contributed by atoms with van der Waals surface area (Å²) in [6.07, 6.45) is 5.97. The van der Waals surface area contributed by atoms with Crippen LogP contribution in [-0.2, 0) is 11.2 Å². The van der Waals surface area contributed by atoms with E-state index in [-0.39, 0.29) is 5.91 Å². The van der Waals surface area contributed by atoms with Crippen molar-refractivity contribution in [2.24, 2.45) is 0 Å². The first kappa shape index (κ1) is 21.6. The van der Waals surface area contributed by atoms with Gasteiger partial charge in [-0.3, -0.25) is 0 Å². The number of carbonyl (C=O) groups is 1. The number of alkyl halides is 3. The van der Waals surface area contributed by atoms with Crippen molar-refractivity contribution >= 4 is 31.4 Å². The third-order valence-corrected chi connectivity index (χ3v) is 11.8. The number of anilines is 1. The van der Waals surface area contributed by atoms with E-state index in [0.717, 1.165) is 54.3 Å². The van der Waals surface area contributed by atoms with E-state index >= 15 is 0 Å². The Morgan fingerprint density at radius 2 is 1.90 bits per heavy atom. The van der Waals surface area contributed by atoms with Crippen molar-refractivity contribution < 1.29 is 9.53 Å². The molecule has 2 aromatic rings. The molecule has 2 fully saturated rings. The van der Waals surface area contributed by atoms with Gasteiger partial charge in [0.1, 0.15) is 0 Å². The molecule has 1 saturated heterocycles.